The molecule has 2 unspecified atom stereocenters. The van der Waals surface area contributed by atoms with E-state index in [4.69, 9.17) is 4.74 Å². The molecule has 0 heterocycles. The Morgan fingerprint density at radius 1 is 1.03 bits per heavy atom. The number of carbonyl (C=O) groups excluding carboxylic acids is 3. The molecule has 3 amide bonds. The fourth-order valence-corrected chi connectivity index (χ4v) is 4.52. The maximum Gasteiger partial charge on any atom is 0.408 e. The quantitative estimate of drug-likeness (QED) is 0.333. The molecule has 0 aromatic heterocycles. The smallest absolute Gasteiger partial charge is 0.408 e. The molecule has 0 aliphatic rings. The SMILES string of the molecule is CCCCCN(C(=O)C(CCSC)NC(=O)OC(C)(C)C)C(C(=O)NC(C)C)c1cc(C)cc(C)c1. The molecule has 204 valence electrons. The van der Waals surface area contributed by atoms with Crippen LogP contribution in [0, 0.1) is 13.8 Å². The number of aryl methyl sites for hydroxylation is 2. The molecular weight excluding hydrogens is 474 g/mol. The fourth-order valence-electron chi connectivity index (χ4n) is 4.05. The lowest BCUT2D eigenvalue weighted by Gasteiger charge is -2.35. The molecule has 0 aliphatic heterocycles. The molecule has 0 radical (unpaired) electrons. The van der Waals surface area contributed by atoms with Gasteiger partial charge in [-0.15, -0.1) is 0 Å². The van der Waals surface area contributed by atoms with E-state index in [0.717, 1.165) is 36.0 Å². The monoisotopic (exact) mass is 521 g/mol. The lowest BCUT2D eigenvalue weighted by atomic mass is 9.97. The van der Waals surface area contributed by atoms with Crippen molar-refractivity contribution in [3.63, 3.8) is 0 Å². The summed E-state index contributed by atoms with van der Waals surface area (Å²) >= 11 is 1.60. The number of nitrogens with zero attached hydrogens (tertiary/aromatic N) is 1. The van der Waals surface area contributed by atoms with Crippen molar-refractivity contribution in [2.75, 3.05) is 18.6 Å². The minimum Gasteiger partial charge on any atom is -0.444 e. The van der Waals surface area contributed by atoms with Gasteiger partial charge in [-0.3, -0.25) is 9.59 Å². The molecule has 1 aromatic carbocycles. The van der Waals surface area contributed by atoms with Gasteiger partial charge in [0.25, 0.3) is 0 Å². The summed E-state index contributed by atoms with van der Waals surface area (Å²) in [5.74, 6) is 0.191. The number of hydrogen-bond donors (Lipinski definition) is 2. The molecule has 0 saturated carbocycles. The highest BCUT2D eigenvalue weighted by molar-refractivity contribution is 7.98. The second-order valence-electron chi connectivity index (χ2n) is 10.7. The van der Waals surface area contributed by atoms with E-state index in [1.165, 1.54) is 0 Å². The van der Waals surface area contributed by atoms with Crippen molar-refractivity contribution in [3.05, 3.63) is 34.9 Å². The largest absolute Gasteiger partial charge is 0.444 e. The first-order chi connectivity index (χ1) is 16.8. The minimum atomic E-state index is -0.799. The van der Waals surface area contributed by atoms with E-state index in [9.17, 15) is 14.4 Å². The summed E-state index contributed by atoms with van der Waals surface area (Å²) in [6, 6.07) is 4.31. The third-order valence-corrected chi connectivity index (χ3v) is 6.08. The van der Waals surface area contributed by atoms with E-state index in [2.05, 4.69) is 23.6 Å². The third kappa shape index (κ3) is 11.2. The number of benzene rings is 1. The van der Waals surface area contributed by atoms with Gasteiger partial charge in [0.1, 0.15) is 17.7 Å². The summed E-state index contributed by atoms with van der Waals surface area (Å²) in [5, 5.41) is 5.80. The average molecular weight is 522 g/mol. The van der Waals surface area contributed by atoms with E-state index in [1.807, 2.05) is 46.1 Å². The predicted octanol–water partition coefficient (Wildman–Crippen LogP) is 5.53. The standard InChI is InChI=1S/C28H47N3O4S/c1-10-11-12-14-31(26(33)23(13-15-36-9)30-27(34)35-28(6,7)8)24(25(32)29-19(2)3)22-17-20(4)16-21(5)18-22/h16-19,23-24H,10-15H2,1-9H3,(H,29,32)(H,30,34). The van der Waals surface area contributed by atoms with Gasteiger partial charge < -0.3 is 20.3 Å². The number of ether oxygens (including phenoxy) is 1. The Bertz CT molecular complexity index is 847. The van der Waals surface area contributed by atoms with E-state index >= 15 is 0 Å². The van der Waals surface area contributed by atoms with Crippen LogP contribution in [0.4, 0.5) is 4.79 Å². The molecule has 36 heavy (non-hydrogen) atoms. The number of alkyl carbamates (subject to hydrolysis) is 1. The Hall–Kier alpha value is -2.22. The van der Waals surface area contributed by atoms with Crippen LogP contribution in [0.2, 0.25) is 0 Å². The summed E-state index contributed by atoms with van der Waals surface area (Å²) in [4.78, 5) is 42.0. The Morgan fingerprint density at radius 2 is 1.64 bits per heavy atom. The van der Waals surface area contributed by atoms with E-state index in [-0.39, 0.29) is 17.9 Å². The Morgan fingerprint density at radius 3 is 2.14 bits per heavy atom. The topological polar surface area (TPSA) is 87.7 Å². The number of rotatable bonds is 13. The second kappa shape index (κ2) is 15.1. The summed E-state index contributed by atoms with van der Waals surface area (Å²) in [6.45, 7) is 15.7. The molecule has 7 nitrogen and oxygen atoms in total. The highest BCUT2D eigenvalue weighted by atomic mass is 32.2. The first-order valence-corrected chi connectivity index (χ1v) is 14.4. The molecule has 0 bridgehead atoms. The number of unbranched alkanes of at least 4 members (excludes halogenated alkanes) is 2. The van der Waals surface area contributed by atoms with Crippen molar-refractivity contribution in [2.24, 2.45) is 0 Å². The molecular formula is C28H47N3O4S. The fraction of sp³-hybridized carbons (Fsp3) is 0.679. The van der Waals surface area contributed by atoms with Crippen LogP contribution in [0.25, 0.3) is 0 Å². The van der Waals surface area contributed by atoms with Crippen LogP contribution in [-0.4, -0.2) is 59.0 Å². The van der Waals surface area contributed by atoms with Gasteiger partial charge in [-0.05, 0) is 78.9 Å². The summed E-state index contributed by atoms with van der Waals surface area (Å²) in [6.07, 6.45) is 4.45. The lowest BCUT2D eigenvalue weighted by Crippen LogP contribution is -2.54. The number of hydrogen-bond acceptors (Lipinski definition) is 5. The zero-order valence-corrected chi connectivity index (χ0v) is 24.5. The molecule has 1 aromatic rings. The number of amides is 3. The van der Waals surface area contributed by atoms with Crippen molar-refractivity contribution in [3.8, 4) is 0 Å². The van der Waals surface area contributed by atoms with E-state index in [1.54, 1.807) is 37.4 Å². The highest BCUT2D eigenvalue weighted by Crippen LogP contribution is 2.26. The van der Waals surface area contributed by atoms with Crippen LogP contribution >= 0.6 is 11.8 Å². The van der Waals surface area contributed by atoms with Gasteiger partial charge in [0.05, 0.1) is 0 Å². The van der Waals surface area contributed by atoms with Gasteiger partial charge in [0.15, 0.2) is 0 Å². The molecule has 0 aliphatic carbocycles. The number of nitrogens with one attached hydrogen (secondary N) is 2. The highest BCUT2D eigenvalue weighted by Gasteiger charge is 2.36. The zero-order valence-electron chi connectivity index (χ0n) is 23.7. The Balaban J connectivity index is 3.50. The summed E-state index contributed by atoms with van der Waals surface area (Å²) in [7, 11) is 0. The van der Waals surface area contributed by atoms with Crippen molar-refractivity contribution in [1.29, 1.82) is 0 Å². The first kappa shape index (κ1) is 31.8. The Kier molecular flexibility index (Phi) is 13.4. The van der Waals surface area contributed by atoms with Crippen molar-refractivity contribution in [1.82, 2.24) is 15.5 Å². The maximum absolute atomic E-state index is 14.1. The van der Waals surface area contributed by atoms with Gasteiger partial charge in [-0.25, -0.2) is 4.79 Å². The first-order valence-electron chi connectivity index (χ1n) is 13.0. The van der Waals surface area contributed by atoms with Crippen molar-refractivity contribution < 1.29 is 19.1 Å². The zero-order chi connectivity index (χ0) is 27.5. The van der Waals surface area contributed by atoms with Crippen LogP contribution in [0.15, 0.2) is 18.2 Å². The van der Waals surface area contributed by atoms with Gasteiger partial charge in [-0.2, -0.15) is 11.8 Å². The van der Waals surface area contributed by atoms with Crippen LogP contribution in [0.3, 0.4) is 0 Å². The summed E-state index contributed by atoms with van der Waals surface area (Å²) < 4.78 is 5.45. The van der Waals surface area contributed by atoms with E-state index in [0.29, 0.717) is 18.7 Å². The lowest BCUT2D eigenvalue weighted by molar-refractivity contribution is -0.142. The van der Waals surface area contributed by atoms with Gasteiger partial charge >= 0.3 is 6.09 Å². The molecule has 1 rings (SSSR count). The molecule has 2 atom stereocenters. The maximum atomic E-state index is 14.1. The molecule has 0 saturated heterocycles. The molecule has 0 spiro atoms. The minimum absolute atomic E-state index is 0.0781. The predicted molar refractivity (Wildman–Crippen MR) is 149 cm³/mol. The number of carbonyl (C=O) groups is 3. The third-order valence-electron chi connectivity index (χ3n) is 5.44. The van der Waals surface area contributed by atoms with Crippen LogP contribution < -0.4 is 10.6 Å². The molecule has 0 fully saturated rings. The molecule has 8 heteroatoms. The van der Waals surface area contributed by atoms with Crippen molar-refractivity contribution >= 4 is 29.7 Å². The van der Waals surface area contributed by atoms with Gasteiger partial charge in [0.2, 0.25) is 11.8 Å². The second-order valence-corrected chi connectivity index (χ2v) is 11.7. The van der Waals surface area contributed by atoms with Crippen molar-refractivity contribution in [2.45, 2.75) is 105 Å². The van der Waals surface area contributed by atoms with Gasteiger partial charge in [0, 0.05) is 12.6 Å². The van der Waals surface area contributed by atoms with E-state index < -0.39 is 23.8 Å². The average Bonchev–Trinajstić information content (AvgIpc) is 2.73. The molecule has 2 N–H and O–H groups in total. The van der Waals surface area contributed by atoms with Crippen LogP contribution in [-0.2, 0) is 14.3 Å². The summed E-state index contributed by atoms with van der Waals surface area (Å²) in [5.41, 5.74) is 2.14. The van der Waals surface area contributed by atoms with Gasteiger partial charge in [-0.1, -0.05) is 49.1 Å². The number of thioether (sulfide) groups is 1. The van der Waals surface area contributed by atoms with Crippen LogP contribution in [0.5, 0.6) is 0 Å². The Labute approximate surface area is 222 Å². The normalized spacial score (nSPS) is 13.2. The van der Waals surface area contributed by atoms with Crippen LogP contribution in [0.1, 0.15) is 90.0 Å².